The van der Waals surface area contributed by atoms with E-state index in [0.29, 0.717) is 18.4 Å². The molecular weight excluding hydrogens is 711 g/mol. The van der Waals surface area contributed by atoms with Crippen molar-refractivity contribution in [1.29, 1.82) is 0 Å². The van der Waals surface area contributed by atoms with Gasteiger partial charge in [-0.2, -0.15) is 0 Å². The number of nitrogen functional groups attached to an aromatic ring is 4. The lowest BCUT2D eigenvalue weighted by Crippen LogP contribution is -2.40. The highest BCUT2D eigenvalue weighted by Gasteiger charge is 2.23. The lowest BCUT2D eigenvalue weighted by molar-refractivity contribution is -0.129. The summed E-state index contributed by atoms with van der Waals surface area (Å²) in [6.45, 7) is 0.479. The van der Waals surface area contributed by atoms with Gasteiger partial charge in [0.1, 0.15) is 11.8 Å². The number of phenols is 1. The zero-order valence-electron chi connectivity index (χ0n) is 26.8. The van der Waals surface area contributed by atoms with Crippen molar-refractivity contribution < 1.29 is 24.3 Å². The van der Waals surface area contributed by atoms with E-state index in [1.54, 1.807) is 0 Å². The van der Waals surface area contributed by atoms with Gasteiger partial charge in [0.05, 0.1) is 0 Å². The van der Waals surface area contributed by atoms with Crippen LogP contribution in [0.1, 0.15) is 58.3 Å². The Labute approximate surface area is 300 Å². The SMILES string of the molecule is NC(=NCCCCNC(=O)[C@H](NC(=O)CCCN=C(N)NC(=O)c1nc(Cl)c(N)nc1N)c1ccc(O)cc1)NC(=O)c1nc(Cl)c(N)nc1N. The molecule has 4 amide bonds. The normalized spacial score (nSPS) is 12.1. The van der Waals surface area contributed by atoms with E-state index in [-0.39, 0.29) is 95.1 Å². The van der Waals surface area contributed by atoms with Gasteiger partial charge in [0.2, 0.25) is 11.8 Å². The maximum atomic E-state index is 13.1. The van der Waals surface area contributed by atoms with Gasteiger partial charge in [0, 0.05) is 26.1 Å². The van der Waals surface area contributed by atoms with Crippen LogP contribution in [0.4, 0.5) is 23.3 Å². The lowest BCUT2D eigenvalue weighted by atomic mass is 10.1. The van der Waals surface area contributed by atoms with Crippen molar-refractivity contribution in [3.05, 3.63) is 51.5 Å². The number of phenolic OH excluding ortho intramolecular Hbond substituents is 1. The number of nitrogens with one attached hydrogen (secondary N) is 4. The van der Waals surface area contributed by atoms with E-state index in [1.165, 1.54) is 24.3 Å². The molecule has 3 rings (SSSR count). The highest BCUT2D eigenvalue weighted by Crippen LogP contribution is 2.19. The molecule has 51 heavy (non-hydrogen) atoms. The quantitative estimate of drug-likeness (QED) is 0.0531. The summed E-state index contributed by atoms with van der Waals surface area (Å²) in [5.41, 5.74) is 33.7. The van der Waals surface area contributed by atoms with Crippen LogP contribution in [0.2, 0.25) is 10.3 Å². The summed E-state index contributed by atoms with van der Waals surface area (Å²) in [6, 6.07) is 4.69. The highest BCUT2D eigenvalue weighted by atomic mass is 35.5. The van der Waals surface area contributed by atoms with Gasteiger partial charge >= 0.3 is 0 Å². The van der Waals surface area contributed by atoms with Crippen LogP contribution in [0.5, 0.6) is 5.75 Å². The van der Waals surface area contributed by atoms with Crippen LogP contribution < -0.4 is 55.7 Å². The van der Waals surface area contributed by atoms with Crippen LogP contribution in [0.15, 0.2) is 34.3 Å². The number of nitrogens with zero attached hydrogens (tertiary/aromatic N) is 6. The Balaban J connectivity index is 1.46. The van der Waals surface area contributed by atoms with Gasteiger partial charge in [-0.1, -0.05) is 35.3 Å². The molecule has 0 saturated carbocycles. The summed E-state index contributed by atoms with van der Waals surface area (Å²) in [6.07, 6.45) is 1.11. The van der Waals surface area contributed by atoms with Crippen LogP contribution in [0.3, 0.4) is 0 Å². The van der Waals surface area contributed by atoms with Crippen molar-refractivity contribution in [3.63, 3.8) is 0 Å². The summed E-state index contributed by atoms with van der Waals surface area (Å²) in [5.74, 6) is -3.81. The Bertz CT molecular complexity index is 1820. The first-order valence-electron chi connectivity index (χ1n) is 14.9. The second kappa shape index (κ2) is 18.5. The molecule has 2 heterocycles. The lowest BCUT2D eigenvalue weighted by Gasteiger charge is -2.19. The number of guanidine groups is 2. The third kappa shape index (κ3) is 12.0. The van der Waals surface area contributed by atoms with Crippen LogP contribution in [0, 0.1) is 0 Å². The van der Waals surface area contributed by atoms with E-state index in [2.05, 4.69) is 51.2 Å². The fraction of sp³-hybridized carbons (Fsp3) is 0.286. The number of anilines is 4. The highest BCUT2D eigenvalue weighted by molar-refractivity contribution is 6.32. The van der Waals surface area contributed by atoms with Crippen LogP contribution >= 0.6 is 23.2 Å². The number of carbonyl (C=O) groups is 4. The van der Waals surface area contributed by atoms with Gasteiger partial charge < -0.3 is 50.1 Å². The minimum atomic E-state index is -1.08. The Kier molecular flexibility index (Phi) is 14.2. The average molecular weight is 748 g/mol. The molecule has 0 fully saturated rings. The first kappa shape index (κ1) is 39.2. The molecule has 21 nitrogen and oxygen atoms in total. The van der Waals surface area contributed by atoms with E-state index < -0.39 is 29.7 Å². The molecule has 0 aliphatic carbocycles. The molecule has 0 spiro atoms. The maximum Gasteiger partial charge on any atom is 0.280 e. The molecule has 1 atom stereocenters. The molecule has 0 radical (unpaired) electrons. The second-order valence-electron chi connectivity index (χ2n) is 10.4. The Morgan fingerprint density at radius 2 is 1.22 bits per heavy atom. The minimum Gasteiger partial charge on any atom is -0.508 e. The molecule has 0 aliphatic rings. The number of benzene rings is 1. The zero-order valence-corrected chi connectivity index (χ0v) is 28.3. The van der Waals surface area contributed by atoms with Crippen molar-refractivity contribution in [2.45, 2.75) is 31.7 Å². The molecule has 1 aromatic carbocycles. The van der Waals surface area contributed by atoms with Crippen molar-refractivity contribution in [2.24, 2.45) is 21.5 Å². The van der Waals surface area contributed by atoms with E-state index >= 15 is 0 Å². The number of aromatic nitrogens is 4. The maximum absolute atomic E-state index is 13.1. The molecule has 23 heteroatoms. The number of rotatable bonds is 14. The largest absolute Gasteiger partial charge is 0.508 e. The smallest absolute Gasteiger partial charge is 0.280 e. The van der Waals surface area contributed by atoms with Gasteiger partial charge in [-0.05, 0) is 37.0 Å². The Morgan fingerprint density at radius 1 is 0.725 bits per heavy atom. The summed E-state index contributed by atoms with van der Waals surface area (Å²) in [7, 11) is 0. The molecule has 0 unspecified atom stereocenters. The number of nitrogens with two attached hydrogens (primary N) is 6. The number of carbonyl (C=O) groups excluding carboxylic acids is 4. The summed E-state index contributed by atoms with van der Waals surface area (Å²) >= 11 is 11.6. The number of hydrogen-bond acceptors (Lipinski definition) is 15. The summed E-state index contributed by atoms with van der Waals surface area (Å²) in [5, 5.41) is 19.3. The number of hydrogen-bond donors (Lipinski definition) is 11. The molecule has 3 aromatic rings. The van der Waals surface area contributed by atoms with E-state index in [9.17, 15) is 24.3 Å². The van der Waals surface area contributed by atoms with Crippen molar-refractivity contribution in [1.82, 2.24) is 41.2 Å². The average Bonchev–Trinajstić information content (AvgIpc) is 3.07. The van der Waals surface area contributed by atoms with Crippen molar-refractivity contribution in [2.75, 3.05) is 42.6 Å². The fourth-order valence-corrected chi connectivity index (χ4v) is 4.29. The molecule has 0 aliphatic heterocycles. The number of aromatic hydroxyl groups is 1. The summed E-state index contributed by atoms with van der Waals surface area (Å²) < 4.78 is 0. The van der Waals surface area contributed by atoms with Gasteiger partial charge in [-0.25, -0.2) is 19.9 Å². The number of halogens is 2. The minimum absolute atomic E-state index is 0.0225. The molecule has 17 N–H and O–H groups in total. The van der Waals surface area contributed by atoms with Crippen LogP contribution in [0.25, 0.3) is 0 Å². The van der Waals surface area contributed by atoms with Crippen LogP contribution in [-0.2, 0) is 9.59 Å². The van der Waals surface area contributed by atoms with E-state index in [0.717, 1.165) is 0 Å². The van der Waals surface area contributed by atoms with Crippen molar-refractivity contribution >= 4 is 82.0 Å². The van der Waals surface area contributed by atoms with Crippen molar-refractivity contribution in [3.8, 4) is 5.75 Å². The molecule has 0 saturated heterocycles. The number of aliphatic imine (C=N–C) groups is 2. The molecule has 2 aromatic heterocycles. The third-order valence-corrected chi connectivity index (χ3v) is 7.08. The molecule has 0 bridgehead atoms. The Morgan fingerprint density at radius 3 is 1.73 bits per heavy atom. The standard InChI is InChI=1S/C28H36Cl2N16O5/c29-18-22(33)43-20(31)16(41-18)25(50)45-27(35)38-10-2-1-9-37-24(49)15(12-5-7-13(47)8-6-12)40-14(48)4-3-11-39-28(36)46-26(51)17-21(32)44-23(34)19(30)42-17/h5-8,15,47H,1-4,9-11H2,(H,37,49)(H,40,48)(H4,31,33,43)(H4,32,34,44)(H3,35,38,45,50)(H3,36,39,46,51)/t15-/m1/s1. The second-order valence-corrected chi connectivity index (χ2v) is 11.1. The predicted molar refractivity (Wildman–Crippen MR) is 190 cm³/mol. The molecular formula is C28H36Cl2N16O5. The zero-order chi connectivity index (χ0) is 37.7. The first-order valence-corrected chi connectivity index (χ1v) is 15.7. The van der Waals surface area contributed by atoms with Crippen LogP contribution in [-0.4, -0.2) is 80.2 Å². The first-order chi connectivity index (χ1) is 24.2. The monoisotopic (exact) mass is 746 g/mol. The van der Waals surface area contributed by atoms with Gasteiger partial charge in [0.25, 0.3) is 11.8 Å². The molecule has 272 valence electrons. The summed E-state index contributed by atoms with van der Waals surface area (Å²) in [4.78, 5) is 73.7. The van der Waals surface area contributed by atoms with Gasteiger partial charge in [-0.15, -0.1) is 0 Å². The van der Waals surface area contributed by atoms with Gasteiger partial charge in [-0.3, -0.25) is 39.8 Å². The topological polar surface area (TPSA) is 369 Å². The van der Waals surface area contributed by atoms with Gasteiger partial charge in [0.15, 0.2) is 56.9 Å². The fourth-order valence-electron chi connectivity index (χ4n) is 4.04. The number of unbranched alkanes of at least 4 members (excludes halogenated alkanes) is 1. The third-order valence-electron chi connectivity index (χ3n) is 6.53. The number of amides is 4. The Hall–Kier alpha value is -6.22. The van der Waals surface area contributed by atoms with E-state index in [4.69, 9.17) is 57.6 Å². The predicted octanol–water partition coefficient (Wildman–Crippen LogP) is -1.07. The van der Waals surface area contributed by atoms with E-state index in [1.807, 2.05) is 0 Å².